The minimum atomic E-state index is -1.39. The number of rotatable bonds is 8. The largest absolute Gasteiger partial charge is 0.481 e. The molecule has 4 rings (SSSR count). The van der Waals surface area contributed by atoms with Crippen LogP contribution in [0.3, 0.4) is 0 Å². The van der Waals surface area contributed by atoms with E-state index in [-0.39, 0.29) is 36.5 Å². The SMILES string of the molecule is COc1ncc(C(O)C(O)CNC(=O)OCC2c3ccccc3-c3ccccc32)c(OC)n1. The minimum absolute atomic E-state index is 0.0639. The van der Waals surface area contributed by atoms with Gasteiger partial charge in [0.05, 0.1) is 19.8 Å². The van der Waals surface area contributed by atoms with Crippen LogP contribution in [-0.4, -0.2) is 59.7 Å². The Kier molecular flexibility index (Phi) is 6.71. The molecule has 3 N–H and O–H groups in total. The maximum atomic E-state index is 12.3. The van der Waals surface area contributed by atoms with E-state index in [9.17, 15) is 15.0 Å². The van der Waals surface area contributed by atoms with Crippen molar-refractivity contribution in [1.82, 2.24) is 15.3 Å². The highest BCUT2D eigenvalue weighted by Gasteiger charge is 2.29. The van der Waals surface area contributed by atoms with Gasteiger partial charge in [0.2, 0.25) is 5.88 Å². The first-order chi connectivity index (χ1) is 16.0. The highest BCUT2D eigenvalue weighted by atomic mass is 16.5. The molecule has 3 aromatic rings. The number of carbonyl (C=O) groups excluding carboxylic acids is 1. The molecule has 9 nitrogen and oxygen atoms in total. The van der Waals surface area contributed by atoms with Crippen LogP contribution in [0.5, 0.6) is 11.9 Å². The Morgan fingerprint density at radius 3 is 2.27 bits per heavy atom. The van der Waals surface area contributed by atoms with Crippen molar-refractivity contribution in [2.75, 3.05) is 27.4 Å². The molecule has 0 radical (unpaired) electrons. The molecule has 1 aliphatic carbocycles. The molecule has 1 amide bonds. The van der Waals surface area contributed by atoms with Gasteiger partial charge >= 0.3 is 12.1 Å². The standard InChI is InChI=1S/C24H25N3O6/c1-31-22-18(11-25-23(27-22)32-2)21(29)20(28)12-26-24(30)33-13-19-16-9-5-3-7-14(16)15-8-4-6-10-17(15)19/h3-11,19-21,28-29H,12-13H2,1-2H3,(H,26,30). The van der Waals surface area contributed by atoms with Crippen LogP contribution in [-0.2, 0) is 4.74 Å². The molecule has 2 unspecified atom stereocenters. The van der Waals surface area contributed by atoms with Gasteiger partial charge in [0.1, 0.15) is 18.8 Å². The average Bonchev–Trinajstić information content (AvgIpc) is 3.18. The minimum Gasteiger partial charge on any atom is -0.481 e. The first-order valence-electron chi connectivity index (χ1n) is 10.4. The molecular formula is C24H25N3O6. The zero-order valence-corrected chi connectivity index (χ0v) is 18.3. The number of aliphatic hydroxyl groups excluding tert-OH is 2. The lowest BCUT2D eigenvalue weighted by atomic mass is 9.98. The number of hydrogen-bond acceptors (Lipinski definition) is 8. The summed E-state index contributed by atoms with van der Waals surface area (Å²) in [4.78, 5) is 20.2. The van der Waals surface area contributed by atoms with E-state index < -0.39 is 18.3 Å². The Morgan fingerprint density at radius 1 is 1.03 bits per heavy atom. The predicted octanol–water partition coefficient (Wildman–Crippen LogP) is 2.43. The number of aliphatic hydroxyl groups is 2. The van der Waals surface area contributed by atoms with Crippen molar-refractivity contribution in [3.05, 3.63) is 71.4 Å². The third-order valence-electron chi connectivity index (χ3n) is 5.62. The van der Waals surface area contributed by atoms with E-state index in [0.717, 1.165) is 22.3 Å². The smallest absolute Gasteiger partial charge is 0.407 e. The molecule has 0 saturated heterocycles. The number of amides is 1. The van der Waals surface area contributed by atoms with Crippen molar-refractivity contribution in [3.8, 4) is 23.0 Å². The normalized spacial score (nSPS) is 14.1. The number of methoxy groups -OCH3 is 2. The summed E-state index contributed by atoms with van der Waals surface area (Å²) in [7, 11) is 2.78. The highest BCUT2D eigenvalue weighted by molar-refractivity contribution is 5.79. The van der Waals surface area contributed by atoms with Crippen LogP contribution >= 0.6 is 0 Å². The average molecular weight is 451 g/mol. The van der Waals surface area contributed by atoms with Crippen LogP contribution in [0.15, 0.2) is 54.7 Å². The quantitative estimate of drug-likeness (QED) is 0.477. The van der Waals surface area contributed by atoms with Gasteiger partial charge in [-0.25, -0.2) is 9.78 Å². The van der Waals surface area contributed by atoms with Crippen LogP contribution in [0.4, 0.5) is 4.79 Å². The molecule has 1 aliphatic rings. The maximum absolute atomic E-state index is 12.3. The van der Waals surface area contributed by atoms with E-state index in [0.29, 0.717) is 0 Å². The number of alkyl carbamates (subject to hydrolysis) is 1. The summed E-state index contributed by atoms with van der Waals surface area (Å²) in [6, 6.07) is 16.2. The first-order valence-corrected chi connectivity index (χ1v) is 10.4. The topological polar surface area (TPSA) is 123 Å². The van der Waals surface area contributed by atoms with Crippen LogP contribution in [0.25, 0.3) is 11.1 Å². The van der Waals surface area contributed by atoms with Crippen molar-refractivity contribution in [3.63, 3.8) is 0 Å². The maximum Gasteiger partial charge on any atom is 0.407 e. The van der Waals surface area contributed by atoms with Gasteiger partial charge in [0, 0.05) is 18.7 Å². The van der Waals surface area contributed by atoms with Crippen LogP contribution in [0.1, 0.15) is 28.7 Å². The molecular weight excluding hydrogens is 426 g/mol. The van der Waals surface area contributed by atoms with E-state index in [1.165, 1.54) is 20.4 Å². The number of fused-ring (bicyclic) bond motifs is 3. The molecule has 0 saturated carbocycles. The third-order valence-corrected chi connectivity index (χ3v) is 5.62. The van der Waals surface area contributed by atoms with Crippen LogP contribution < -0.4 is 14.8 Å². The summed E-state index contributed by atoms with van der Waals surface area (Å²) in [6.45, 7) is -0.0916. The van der Waals surface area contributed by atoms with Crippen molar-refractivity contribution in [2.24, 2.45) is 0 Å². The molecule has 0 bridgehead atoms. The second-order valence-corrected chi connectivity index (χ2v) is 7.54. The fourth-order valence-corrected chi connectivity index (χ4v) is 3.98. The number of hydrogen-bond donors (Lipinski definition) is 3. The van der Waals surface area contributed by atoms with E-state index in [2.05, 4.69) is 27.4 Å². The number of benzene rings is 2. The molecule has 172 valence electrons. The molecule has 0 fully saturated rings. The van der Waals surface area contributed by atoms with Gasteiger partial charge in [-0.15, -0.1) is 0 Å². The number of nitrogens with one attached hydrogen (secondary N) is 1. The Labute approximate surface area is 191 Å². The molecule has 9 heteroatoms. The predicted molar refractivity (Wildman–Crippen MR) is 119 cm³/mol. The number of ether oxygens (including phenoxy) is 3. The lowest BCUT2D eigenvalue weighted by Gasteiger charge is -2.20. The summed E-state index contributed by atoms with van der Waals surface area (Å²) in [5.74, 6) is -0.00564. The summed E-state index contributed by atoms with van der Waals surface area (Å²) < 4.78 is 15.5. The molecule has 2 atom stereocenters. The molecule has 2 aromatic carbocycles. The number of nitrogens with zero attached hydrogens (tertiary/aromatic N) is 2. The summed E-state index contributed by atoms with van der Waals surface area (Å²) >= 11 is 0. The van der Waals surface area contributed by atoms with Gasteiger partial charge in [0.15, 0.2) is 0 Å². The zero-order valence-electron chi connectivity index (χ0n) is 18.3. The summed E-state index contributed by atoms with van der Waals surface area (Å²) in [6.07, 6.45) is -2.12. The van der Waals surface area contributed by atoms with Gasteiger partial charge in [-0.1, -0.05) is 48.5 Å². The van der Waals surface area contributed by atoms with Gasteiger partial charge in [0.25, 0.3) is 0 Å². The third kappa shape index (κ3) is 4.59. The Balaban J connectivity index is 1.35. The van der Waals surface area contributed by atoms with Crippen LogP contribution in [0.2, 0.25) is 0 Å². The molecule has 1 heterocycles. The lowest BCUT2D eigenvalue weighted by molar-refractivity contribution is 0.0166. The van der Waals surface area contributed by atoms with E-state index >= 15 is 0 Å². The van der Waals surface area contributed by atoms with Gasteiger partial charge < -0.3 is 29.7 Å². The second kappa shape index (κ2) is 9.85. The van der Waals surface area contributed by atoms with Crippen molar-refractivity contribution in [2.45, 2.75) is 18.1 Å². The summed E-state index contributed by atoms with van der Waals surface area (Å²) in [5.41, 5.74) is 4.65. The Morgan fingerprint density at radius 2 is 1.67 bits per heavy atom. The number of aromatic nitrogens is 2. The van der Waals surface area contributed by atoms with Gasteiger partial charge in [-0.05, 0) is 22.3 Å². The number of carbonyl (C=O) groups is 1. The Hall–Kier alpha value is -3.69. The van der Waals surface area contributed by atoms with E-state index in [1.807, 2.05) is 36.4 Å². The fraction of sp³-hybridized carbons (Fsp3) is 0.292. The molecule has 0 aliphatic heterocycles. The van der Waals surface area contributed by atoms with Gasteiger partial charge in [-0.2, -0.15) is 4.98 Å². The van der Waals surface area contributed by atoms with Crippen LogP contribution in [0, 0.1) is 0 Å². The highest BCUT2D eigenvalue weighted by Crippen LogP contribution is 2.44. The van der Waals surface area contributed by atoms with Gasteiger partial charge in [-0.3, -0.25) is 0 Å². The monoisotopic (exact) mass is 451 g/mol. The second-order valence-electron chi connectivity index (χ2n) is 7.54. The van der Waals surface area contributed by atoms with Crippen molar-refractivity contribution in [1.29, 1.82) is 0 Å². The fourth-order valence-electron chi connectivity index (χ4n) is 3.98. The van der Waals surface area contributed by atoms with E-state index in [1.54, 1.807) is 0 Å². The lowest BCUT2D eigenvalue weighted by Crippen LogP contribution is -2.36. The van der Waals surface area contributed by atoms with Crippen molar-refractivity contribution < 1.29 is 29.2 Å². The molecule has 1 aromatic heterocycles. The first kappa shape index (κ1) is 22.5. The Bertz CT molecular complexity index is 1090. The molecule has 0 spiro atoms. The van der Waals surface area contributed by atoms with Crippen molar-refractivity contribution >= 4 is 6.09 Å². The summed E-state index contributed by atoms with van der Waals surface area (Å²) in [5, 5.41) is 23.3. The zero-order chi connectivity index (χ0) is 23.4. The molecule has 33 heavy (non-hydrogen) atoms. The van der Waals surface area contributed by atoms with E-state index in [4.69, 9.17) is 14.2 Å².